The number of aryl methyl sites for hydroxylation is 1. The highest BCUT2D eigenvalue weighted by Crippen LogP contribution is 2.05. The molecule has 0 radical (unpaired) electrons. The largest absolute Gasteiger partial charge is 0.299 e. The predicted molar refractivity (Wildman–Crippen MR) is 89.5 cm³/mol. The lowest BCUT2D eigenvalue weighted by atomic mass is 10.1. The molecule has 0 saturated carbocycles. The van der Waals surface area contributed by atoms with E-state index in [1.54, 1.807) is 42.9 Å². The van der Waals surface area contributed by atoms with Gasteiger partial charge in [-0.3, -0.25) is 24.1 Å². The van der Waals surface area contributed by atoms with Crippen LogP contribution in [0.15, 0.2) is 46.6 Å². The molecule has 0 amide bonds. The highest BCUT2D eigenvalue weighted by molar-refractivity contribution is 6.18. The maximum Gasteiger partial charge on any atom is 0.282 e. The average Bonchev–Trinajstić information content (AvgIpc) is 2.98. The molecular formula is C15H15ClN6O2. The van der Waals surface area contributed by atoms with E-state index in [0.717, 1.165) is 4.09 Å². The number of Topliss-reactive ketones (excluding diaryl/α,β-unsaturated/α-hetero) is 1. The maximum absolute atomic E-state index is 12.4. The van der Waals surface area contributed by atoms with Crippen molar-refractivity contribution in [2.45, 2.75) is 0 Å². The van der Waals surface area contributed by atoms with Gasteiger partial charge in [0, 0.05) is 31.4 Å². The third-order valence-corrected chi connectivity index (χ3v) is 3.90. The molecule has 124 valence electrons. The highest BCUT2D eigenvalue weighted by atomic mass is 35.5. The molecule has 0 bridgehead atoms. The van der Waals surface area contributed by atoms with Crippen molar-refractivity contribution in [3.8, 4) is 0 Å². The van der Waals surface area contributed by atoms with Crippen LogP contribution in [0.2, 0.25) is 0 Å². The Morgan fingerprint density at radius 3 is 2.67 bits per heavy atom. The van der Waals surface area contributed by atoms with Gasteiger partial charge in [-0.15, -0.1) is 5.10 Å². The number of nitrogens with one attached hydrogen (secondary N) is 1. The lowest BCUT2D eigenvalue weighted by Gasteiger charge is -2.07. The van der Waals surface area contributed by atoms with Crippen molar-refractivity contribution in [2.75, 3.05) is 6.54 Å². The molecule has 9 heteroatoms. The first-order chi connectivity index (χ1) is 11.5. The molecule has 0 spiro atoms. The molecule has 0 fully saturated rings. The second-order valence-electron chi connectivity index (χ2n) is 5.19. The van der Waals surface area contributed by atoms with E-state index in [-0.39, 0.29) is 23.4 Å². The van der Waals surface area contributed by atoms with Crippen LogP contribution < -0.4 is 16.6 Å². The first kappa shape index (κ1) is 16.0. The fourth-order valence-corrected chi connectivity index (χ4v) is 2.57. The molecule has 0 saturated heterocycles. The van der Waals surface area contributed by atoms with E-state index >= 15 is 0 Å². The van der Waals surface area contributed by atoms with Gasteiger partial charge in [0.1, 0.15) is 6.33 Å². The van der Waals surface area contributed by atoms with E-state index in [9.17, 15) is 9.59 Å². The first-order valence-electron chi connectivity index (χ1n) is 7.14. The van der Waals surface area contributed by atoms with Crippen LogP contribution in [-0.2, 0) is 14.1 Å². The van der Waals surface area contributed by atoms with Crippen LogP contribution in [0.5, 0.6) is 0 Å². The van der Waals surface area contributed by atoms with Gasteiger partial charge in [-0.25, -0.2) is 9.07 Å². The van der Waals surface area contributed by atoms with E-state index in [1.165, 1.54) is 10.9 Å². The summed E-state index contributed by atoms with van der Waals surface area (Å²) in [4.78, 5) is 28.5. The number of hydrogen-bond acceptors (Lipinski definition) is 5. The van der Waals surface area contributed by atoms with Gasteiger partial charge in [-0.2, -0.15) is 0 Å². The summed E-state index contributed by atoms with van der Waals surface area (Å²) in [5.41, 5.74) is 3.97. The van der Waals surface area contributed by atoms with Gasteiger partial charge in [-0.05, 0) is 0 Å². The standard InChI is InChI=1S/C15H15ClN6O2/c1-20-13-12(22(16)9-17-13)14(24)21(2)15(20)19-18-8-11(23)10-6-4-3-5-7-10/h3-7,9,18H,8H2,1-2H3/b19-15-. The van der Waals surface area contributed by atoms with Crippen LogP contribution in [0.1, 0.15) is 10.4 Å². The van der Waals surface area contributed by atoms with Gasteiger partial charge in [0.2, 0.25) is 5.62 Å². The van der Waals surface area contributed by atoms with Crippen LogP contribution in [0.3, 0.4) is 0 Å². The van der Waals surface area contributed by atoms with Crippen molar-refractivity contribution in [1.82, 2.24) is 23.6 Å². The molecule has 0 atom stereocenters. The Bertz CT molecular complexity index is 1030. The number of ketones is 1. The zero-order valence-corrected chi connectivity index (χ0v) is 13.9. The first-order valence-corrected chi connectivity index (χ1v) is 7.48. The molecule has 2 heterocycles. The number of carbonyl (C=O) groups excluding carboxylic acids is 1. The van der Waals surface area contributed by atoms with Gasteiger partial charge in [0.05, 0.1) is 6.54 Å². The van der Waals surface area contributed by atoms with E-state index in [2.05, 4.69) is 15.5 Å². The molecule has 3 rings (SSSR count). The summed E-state index contributed by atoms with van der Waals surface area (Å²) in [6, 6.07) is 8.91. The average molecular weight is 347 g/mol. The fourth-order valence-electron chi connectivity index (χ4n) is 2.38. The number of aromatic nitrogens is 4. The molecule has 8 nitrogen and oxygen atoms in total. The Hall–Kier alpha value is -2.87. The number of nitrogens with zero attached hydrogens (tertiary/aromatic N) is 5. The van der Waals surface area contributed by atoms with Crippen LogP contribution in [0, 0.1) is 0 Å². The fraction of sp³-hybridized carbons (Fsp3) is 0.200. The Labute approximate surface area is 141 Å². The Morgan fingerprint density at radius 2 is 1.96 bits per heavy atom. The molecule has 1 N–H and O–H groups in total. The Kier molecular flexibility index (Phi) is 4.22. The molecule has 0 unspecified atom stereocenters. The zero-order chi connectivity index (χ0) is 17.3. The summed E-state index contributed by atoms with van der Waals surface area (Å²) in [7, 11) is 3.29. The van der Waals surface area contributed by atoms with Gasteiger partial charge >= 0.3 is 0 Å². The molecule has 24 heavy (non-hydrogen) atoms. The van der Waals surface area contributed by atoms with Crippen LogP contribution in [0.4, 0.5) is 0 Å². The zero-order valence-electron chi connectivity index (χ0n) is 13.1. The molecule has 0 aliphatic carbocycles. The molecular weight excluding hydrogens is 332 g/mol. The van der Waals surface area contributed by atoms with Crippen molar-refractivity contribution in [1.29, 1.82) is 0 Å². The summed E-state index contributed by atoms with van der Waals surface area (Å²) < 4.78 is 4.10. The van der Waals surface area contributed by atoms with Crippen molar-refractivity contribution in [2.24, 2.45) is 19.2 Å². The minimum absolute atomic E-state index is 0.0141. The minimum atomic E-state index is -0.328. The smallest absolute Gasteiger partial charge is 0.282 e. The van der Waals surface area contributed by atoms with Gasteiger partial charge < -0.3 is 0 Å². The monoisotopic (exact) mass is 346 g/mol. The molecule has 3 aromatic rings. The Morgan fingerprint density at radius 1 is 1.25 bits per heavy atom. The summed E-state index contributed by atoms with van der Waals surface area (Å²) in [5, 5.41) is 4.15. The number of rotatable bonds is 4. The van der Waals surface area contributed by atoms with E-state index in [0.29, 0.717) is 16.8 Å². The molecule has 0 aliphatic heterocycles. The summed E-state index contributed by atoms with van der Waals surface area (Å²) in [5.74, 6) is -0.0990. The van der Waals surface area contributed by atoms with Gasteiger partial charge in [0.25, 0.3) is 5.56 Å². The van der Waals surface area contributed by atoms with Crippen molar-refractivity contribution in [3.05, 3.63) is 58.2 Å². The molecule has 2 aromatic heterocycles. The highest BCUT2D eigenvalue weighted by Gasteiger charge is 2.12. The van der Waals surface area contributed by atoms with Gasteiger partial charge in [0.15, 0.2) is 16.9 Å². The second-order valence-corrected chi connectivity index (χ2v) is 5.55. The Balaban J connectivity index is 1.94. The van der Waals surface area contributed by atoms with Crippen molar-refractivity contribution >= 4 is 28.7 Å². The minimum Gasteiger partial charge on any atom is -0.299 e. The normalized spacial score (nSPS) is 11.9. The van der Waals surface area contributed by atoms with Gasteiger partial charge in [-0.1, -0.05) is 30.3 Å². The van der Waals surface area contributed by atoms with Crippen LogP contribution >= 0.6 is 11.8 Å². The second kappa shape index (κ2) is 6.32. The van der Waals surface area contributed by atoms with E-state index in [1.807, 2.05) is 6.07 Å². The molecule has 0 aliphatic rings. The topological polar surface area (TPSA) is 86.2 Å². The lowest BCUT2D eigenvalue weighted by Crippen LogP contribution is -2.40. The molecule has 1 aromatic carbocycles. The van der Waals surface area contributed by atoms with E-state index < -0.39 is 0 Å². The van der Waals surface area contributed by atoms with Crippen LogP contribution in [-0.4, -0.2) is 30.5 Å². The van der Waals surface area contributed by atoms with Crippen molar-refractivity contribution < 1.29 is 4.79 Å². The SMILES string of the molecule is Cn1c(=O)c2c(ncn2Cl)n(C)/c1=N/NCC(=O)c1ccccc1. The predicted octanol–water partition coefficient (Wildman–Crippen LogP) is 0.364. The number of carbonyl (C=O) groups is 1. The summed E-state index contributed by atoms with van der Waals surface area (Å²) in [6.45, 7) is 0.0141. The van der Waals surface area contributed by atoms with E-state index in [4.69, 9.17) is 11.8 Å². The quantitative estimate of drug-likeness (QED) is 0.546. The number of benzene rings is 1. The third kappa shape index (κ3) is 2.71. The number of imidazole rings is 1. The third-order valence-electron chi connectivity index (χ3n) is 3.65. The summed E-state index contributed by atoms with van der Waals surface area (Å²) in [6.07, 6.45) is 1.35. The lowest BCUT2D eigenvalue weighted by molar-refractivity contribution is 0.0991. The summed E-state index contributed by atoms with van der Waals surface area (Å²) >= 11 is 5.92. The number of fused-ring (bicyclic) bond motifs is 1. The number of hydrogen-bond donors (Lipinski definition) is 1. The number of halogens is 1. The van der Waals surface area contributed by atoms with Crippen molar-refractivity contribution in [3.63, 3.8) is 0 Å². The van der Waals surface area contributed by atoms with Crippen LogP contribution in [0.25, 0.3) is 11.2 Å². The maximum atomic E-state index is 12.4.